The first-order chi connectivity index (χ1) is 15.7. The molecule has 0 bridgehead atoms. The summed E-state index contributed by atoms with van der Waals surface area (Å²) in [5.74, 6) is 1.44. The molecule has 3 aromatic rings. The maximum absolute atomic E-state index is 9.96. The van der Waals surface area contributed by atoms with Crippen LogP contribution in [0.25, 0.3) is 10.9 Å². The lowest BCUT2D eigenvalue weighted by molar-refractivity contribution is 0.122. The first kappa shape index (κ1) is 21.4. The van der Waals surface area contributed by atoms with Crippen LogP contribution in [0, 0.1) is 0 Å². The van der Waals surface area contributed by atoms with Gasteiger partial charge >= 0.3 is 0 Å². The van der Waals surface area contributed by atoms with Gasteiger partial charge in [0.05, 0.1) is 17.0 Å². The number of benzene rings is 1. The number of anilines is 2. The maximum atomic E-state index is 9.96. The van der Waals surface area contributed by atoms with Crippen molar-refractivity contribution in [3.05, 3.63) is 47.2 Å². The van der Waals surface area contributed by atoms with Gasteiger partial charge in [0.25, 0.3) is 0 Å². The Hall–Kier alpha value is -2.48. The van der Waals surface area contributed by atoms with Crippen LogP contribution in [0.5, 0.6) is 5.88 Å². The number of nitrogens with zero attached hydrogens (tertiary/aromatic N) is 3. The minimum Gasteiger partial charge on any atom is -0.474 e. The Morgan fingerprint density at radius 1 is 0.969 bits per heavy atom. The molecule has 32 heavy (non-hydrogen) atoms. The molecule has 1 saturated heterocycles. The van der Waals surface area contributed by atoms with Crippen molar-refractivity contribution in [3.63, 3.8) is 0 Å². The van der Waals surface area contributed by atoms with Gasteiger partial charge in [0.1, 0.15) is 6.10 Å². The predicted octanol–water partition coefficient (Wildman–Crippen LogP) is 4.57. The number of ether oxygens (including phenoxy) is 1. The lowest BCUT2D eigenvalue weighted by atomic mass is 9.83. The second-order valence-corrected chi connectivity index (χ2v) is 9.12. The van der Waals surface area contributed by atoms with Crippen molar-refractivity contribution in [2.45, 2.75) is 56.7 Å². The molecule has 1 saturated carbocycles. The number of nitrogens with one attached hydrogen (secondary N) is 2. The standard InChI is InChI=1S/C24H28ClN5O2/c25-16-3-5-17(6-4-16)29-24-28-14-21-22(30-24)20(15-1-7-18(31)8-2-15)13-27-23(21)32-19-9-11-26-12-10-19/h3-6,13-15,18-19,26,31H,1-2,7-12H2,(H,28,29,30)/t15-,18-. The fourth-order valence-electron chi connectivity index (χ4n) is 4.59. The number of hydrogen-bond acceptors (Lipinski definition) is 7. The molecule has 3 N–H and O–H groups in total. The number of aliphatic hydroxyl groups is 1. The second kappa shape index (κ2) is 9.57. The first-order valence-corrected chi connectivity index (χ1v) is 11.8. The highest BCUT2D eigenvalue weighted by Gasteiger charge is 2.25. The van der Waals surface area contributed by atoms with Crippen LogP contribution in [0.2, 0.25) is 5.02 Å². The van der Waals surface area contributed by atoms with Crippen LogP contribution in [0.1, 0.15) is 50.0 Å². The van der Waals surface area contributed by atoms with E-state index in [1.807, 2.05) is 36.7 Å². The molecule has 0 atom stereocenters. The summed E-state index contributed by atoms with van der Waals surface area (Å²) in [6.07, 6.45) is 9.06. The summed E-state index contributed by atoms with van der Waals surface area (Å²) in [4.78, 5) is 14.1. The van der Waals surface area contributed by atoms with E-state index in [2.05, 4.69) is 15.6 Å². The molecule has 5 rings (SSSR count). The molecule has 3 heterocycles. The van der Waals surface area contributed by atoms with Crippen LogP contribution >= 0.6 is 11.6 Å². The summed E-state index contributed by atoms with van der Waals surface area (Å²) in [7, 11) is 0. The quantitative estimate of drug-likeness (QED) is 0.521. The maximum Gasteiger partial charge on any atom is 0.227 e. The average molecular weight is 454 g/mol. The fraction of sp³-hybridized carbons (Fsp3) is 0.458. The number of aromatic nitrogens is 3. The van der Waals surface area contributed by atoms with Crippen molar-refractivity contribution in [2.75, 3.05) is 18.4 Å². The van der Waals surface area contributed by atoms with Gasteiger partial charge < -0.3 is 20.5 Å². The Kier molecular flexibility index (Phi) is 6.39. The zero-order chi connectivity index (χ0) is 21.9. The van der Waals surface area contributed by atoms with Crippen molar-refractivity contribution in [1.82, 2.24) is 20.3 Å². The minimum absolute atomic E-state index is 0.148. The zero-order valence-electron chi connectivity index (χ0n) is 17.9. The van der Waals surface area contributed by atoms with Crippen LogP contribution in [-0.2, 0) is 0 Å². The normalized spacial score (nSPS) is 22.1. The van der Waals surface area contributed by atoms with Gasteiger partial charge in [-0.1, -0.05) is 11.6 Å². The molecule has 0 spiro atoms. The van der Waals surface area contributed by atoms with E-state index < -0.39 is 0 Å². The first-order valence-electron chi connectivity index (χ1n) is 11.4. The van der Waals surface area contributed by atoms with Gasteiger partial charge in [-0.3, -0.25) is 0 Å². The summed E-state index contributed by atoms with van der Waals surface area (Å²) in [6, 6.07) is 7.46. The Morgan fingerprint density at radius 2 is 1.72 bits per heavy atom. The Balaban J connectivity index is 1.50. The third-order valence-corrected chi connectivity index (χ3v) is 6.67. The molecule has 2 fully saturated rings. The molecule has 1 aliphatic heterocycles. The monoisotopic (exact) mass is 453 g/mol. The van der Waals surface area contributed by atoms with E-state index in [4.69, 9.17) is 26.3 Å². The largest absolute Gasteiger partial charge is 0.474 e. The summed E-state index contributed by atoms with van der Waals surface area (Å²) in [5.41, 5.74) is 2.85. The summed E-state index contributed by atoms with van der Waals surface area (Å²) < 4.78 is 6.29. The molecule has 0 radical (unpaired) electrons. The highest BCUT2D eigenvalue weighted by atomic mass is 35.5. The topological polar surface area (TPSA) is 92.2 Å². The fourth-order valence-corrected chi connectivity index (χ4v) is 4.72. The third-order valence-electron chi connectivity index (χ3n) is 6.41. The van der Waals surface area contributed by atoms with Crippen molar-refractivity contribution < 1.29 is 9.84 Å². The third kappa shape index (κ3) is 4.80. The molecular weight excluding hydrogens is 426 g/mol. The lowest BCUT2D eigenvalue weighted by Gasteiger charge is -2.27. The number of fused-ring (bicyclic) bond motifs is 1. The van der Waals surface area contributed by atoms with Crippen molar-refractivity contribution in [3.8, 4) is 5.88 Å². The molecule has 0 amide bonds. The van der Waals surface area contributed by atoms with Crippen molar-refractivity contribution >= 4 is 34.1 Å². The van der Waals surface area contributed by atoms with Gasteiger partial charge in [0.2, 0.25) is 11.8 Å². The second-order valence-electron chi connectivity index (χ2n) is 8.68. The van der Waals surface area contributed by atoms with E-state index in [0.717, 1.165) is 73.8 Å². The summed E-state index contributed by atoms with van der Waals surface area (Å²) in [6.45, 7) is 1.91. The number of aliphatic hydroxyl groups excluding tert-OH is 1. The van der Waals surface area contributed by atoms with Gasteiger partial charge in [-0.2, -0.15) is 0 Å². The number of pyridine rings is 1. The Morgan fingerprint density at radius 3 is 2.47 bits per heavy atom. The Labute approximate surface area is 192 Å². The van der Waals surface area contributed by atoms with Crippen LogP contribution in [0.4, 0.5) is 11.6 Å². The minimum atomic E-state index is -0.204. The highest BCUT2D eigenvalue weighted by molar-refractivity contribution is 6.30. The van der Waals surface area contributed by atoms with Crippen LogP contribution in [0.15, 0.2) is 36.7 Å². The van der Waals surface area contributed by atoms with Gasteiger partial charge in [0, 0.05) is 28.7 Å². The molecule has 1 aliphatic carbocycles. The smallest absolute Gasteiger partial charge is 0.227 e. The van der Waals surface area contributed by atoms with E-state index in [1.54, 1.807) is 0 Å². The van der Waals surface area contributed by atoms with E-state index in [0.29, 0.717) is 22.8 Å². The van der Waals surface area contributed by atoms with Gasteiger partial charge in [0.15, 0.2) is 0 Å². The van der Waals surface area contributed by atoms with Crippen LogP contribution < -0.4 is 15.4 Å². The van der Waals surface area contributed by atoms with E-state index >= 15 is 0 Å². The summed E-state index contributed by atoms with van der Waals surface area (Å²) in [5, 5.41) is 18.1. The zero-order valence-corrected chi connectivity index (χ0v) is 18.7. The molecule has 2 aliphatic rings. The van der Waals surface area contributed by atoms with Gasteiger partial charge in [-0.05, 0) is 81.8 Å². The number of rotatable bonds is 5. The van der Waals surface area contributed by atoms with Crippen LogP contribution in [0.3, 0.4) is 0 Å². The molecule has 168 valence electrons. The van der Waals surface area contributed by atoms with E-state index in [-0.39, 0.29) is 12.2 Å². The molecule has 1 aromatic carbocycles. The van der Waals surface area contributed by atoms with Crippen molar-refractivity contribution in [1.29, 1.82) is 0 Å². The van der Waals surface area contributed by atoms with Crippen LogP contribution in [-0.4, -0.2) is 45.4 Å². The molecular formula is C24H28ClN5O2. The molecule has 8 heteroatoms. The predicted molar refractivity (Wildman–Crippen MR) is 126 cm³/mol. The molecule has 7 nitrogen and oxygen atoms in total. The van der Waals surface area contributed by atoms with Crippen molar-refractivity contribution in [2.24, 2.45) is 0 Å². The summed E-state index contributed by atoms with van der Waals surface area (Å²) >= 11 is 6.01. The number of piperidine rings is 1. The van der Waals surface area contributed by atoms with Gasteiger partial charge in [-0.25, -0.2) is 15.0 Å². The SMILES string of the molecule is O[C@H]1CC[C@H](c2cnc(OC3CCNCC3)c3cnc(Nc4ccc(Cl)cc4)nc32)CC1. The lowest BCUT2D eigenvalue weighted by Crippen LogP contribution is -2.34. The molecule has 2 aromatic heterocycles. The van der Waals surface area contributed by atoms with E-state index in [9.17, 15) is 5.11 Å². The number of halogens is 1. The molecule has 0 unspecified atom stereocenters. The number of hydrogen-bond donors (Lipinski definition) is 3. The van der Waals surface area contributed by atoms with E-state index in [1.165, 1.54) is 0 Å². The Bertz CT molecular complexity index is 1060. The van der Waals surface area contributed by atoms with Gasteiger partial charge in [-0.15, -0.1) is 0 Å². The highest BCUT2D eigenvalue weighted by Crippen LogP contribution is 2.38. The average Bonchev–Trinajstić information content (AvgIpc) is 2.82.